The van der Waals surface area contributed by atoms with Gasteiger partial charge in [-0.1, -0.05) is 88.2 Å². The van der Waals surface area contributed by atoms with Crippen LogP contribution in [0.4, 0.5) is 0 Å². The van der Waals surface area contributed by atoms with E-state index in [4.69, 9.17) is 17.3 Å². The molecule has 4 aromatic carbocycles. The van der Waals surface area contributed by atoms with E-state index in [2.05, 4.69) is 31.9 Å². The molecule has 8 heteroatoms. The lowest BCUT2D eigenvalue weighted by molar-refractivity contribution is -0.133. The van der Waals surface area contributed by atoms with E-state index in [1.165, 1.54) is 0 Å². The molecule has 44 heavy (non-hydrogen) atoms. The van der Waals surface area contributed by atoms with Crippen LogP contribution in [0.25, 0.3) is 21.8 Å². The number of nitrogens with one attached hydrogen (secondary N) is 1. The number of aromatic nitrogens is 2. The highest BCUT2D eigenvalue weighted by molar-refractivity contribution is 9.10. The molecule has 6 rings (SSSR count). The molecule has 0 radical (unpaired) electrons. The Morgan fingerprint density at radius 3 is 2.25 bits per heavy atom. The Balaban J connectivity index is 1.81. The predicted molar refractivity (Wildman–Crippen MR) is 183 cm³/mol. The zero-order chi connectivity index (χ0) is 30.9. The topological polar surface area (TPSA) is 88.4 Å². The van der Waals surface area contributed by atoms with Gasteiger partial charge in [0.25, 0.3) is 0 Å². The van der Waals surface area contributed by atoms with Gasteiger partial charge in [-0.15, -0.1) is 0 Å². The molecule has 0 amide bonds. The summed E-state index contributed by atoms with van der Waals surface area (Å²) < 4.78 is 4.97. The molecule has 4 atom stereocenters. The Labute approximate surface area is 270 Å². The van der Waals surface area contributed by atoms with Gasteiger partial charge < -0.3 is 30.4 Å². The number of benzene rings is 4. The lowest BCUT2D eigenvalue weighted by Crippen LogP contribution is -2.68. The molecule has 226 valence electrons. The molecule has 0 unspecified atom stereocenters. The summed E-state index contributed by atoms with van der Waals surface area (Å²) in [6.45, 7) is 0.356. The molecular formula is C36H36BrClN4O2. The molecular weight excluding hydrogens is 636 g/mol. The summed E-state index contributed by atoms with van der Waals surface area (Å²) in [6.07, 6.45) is 3.00. The fourth-order valence-electron chi connectivity index (χ4n) is 7.12. The van der Waals surface area contributed by atoms with Crippen LogP contribution in [0.2, 0.25) is 5.02 Å². The lowest BCUT2D eigenvalue weighted by atomic mass is 9.63. The fraction of sp³-hybridized carbons (Fsp3) is 0.222. The molecule has 2 aromatic heterocycles. The van der Waals surface area contributed by atoms with Crippen molar-refractivity contribution >= 4 is 49.3 Å². The van der Waals surface area contributed by atoms with Crippen LogP contribution in [0.5, 0.6) is 0 Å². The first-order valence-corrected chi connectivity index (χ1v) is 15.9. The SMILES string of the molecule is CNC[C@@H](O)[C@@](c1cccc(Br)c1)(n1ccc2ccccc21)[C@@](O)(CCN)[C@H](c1cccc(Cl)c1)n1ccc2ccccc21. The van der Waals surface area contributed by atoms with Crippen LogP contribution in [0.15, 0.2) is 126 Å². The maximum absolute atomic E-state index is 14.0. The molecule has 0 fully saturated rings. The molecule has 0 aliphatic carbocycles. The van der Waals surface area contributed by atoms with Gasteiger partial charge in [0, 0.05) is 39.5 Å². The predicted octanol–water partition coefficient (Wildman–Crippen LogP) is 6.71. The number of aliphatic hydroxyl groups is 2. The number of para-hydroxylation sites is 2. The first-order valence-electron chi connectivity index (χ1n) is 14.7. The van der Waals surface area contributed by atoms with Crippen molar-refractivity contribution in [1.82, 2.24) is 14.5 Å². The Bertz CT molecular complexity index is 1900. The van der Waals surface area contributed by atoms with Gasteiger partial charge in [0.2, 0.25) is 0 Å². The van der Waals surface area contributed by atoms with Crippen molar-refractivity contribution in [2.75, 3.05) is 20.1 Å². The minimum Gasteiger partial charge on any atom is -0.389 e. The monoisotopic (exact) mass is 670 g/mol. The second kappa shape index (κ2) is 12.5. The summed E-state index contributed by atoms with van der Waals surface area (Å²) in [5.41, 5.74) is 6.62. The number of rotatable bonds is 11. The Kier molecular flexibility index (Phi) is 8.70. The summed E-state index contributed by atoms with van der Waals surface area (Å²) in [5.74, 6) is 0. The molecule has 0 bridgehead atoms. The van der Waals surface area contributed by atoms with Crippen LogP contribution >= 0.6 is 27.5 Å². The largest absolute Gasteiger partial charge is 0.389 e. The van der Waals surface area contributed by atoms with E-state index < -0.39 is 23.3 Å². The highest BCUT2D eigenvalue weighted by Crippen LogP contribution is 2.52. The molecule has 0 aliphatic rings. The minimum atomic E-state index is -1.73. The molecule has 0 spiro atoms. The van der Waals surface area contributed by atoms with E-state index in [1.807, 2.05) is 120 Å². The Morgan fingerprint density at radius 2 is 1.55 bits per heavy atom. The highest BCUT2D eigenvalue weighted by atomic mass is 79.9. The van der Waals surface area contributed by atoms with Crippen LogP contribution in [0.1, 0.15) is 23.6 Å². The van der Waals surface area contributed by atoms with E-state index in [0.717, 1.165) is 37.4 Å². The van der Waals surface area contributed by atoms with Crippen LogP contribution in [0, 0.1) is 0 Å². The number of hydrogen-bond acceptors (Lipinski definition) is 4. The van der Waals surface area contributed by atoms with Crippen molar-refractivity contribution in [3.8, 4) is 0 Å². The smallest absolute Gasteiger partial charge is 0.128 e. The van der Waals surface area contributed by atoms with Crippen molar-refractivity contribution < 1.29 is 10.2 Å². The Hall–Kier alpha value is -3.43. The molecule has 0 saturated carbocycles. The maximum atomic E-state index is 14.0. The summed E-state index contributed by atoms with van der Waals surface area (Å²) in [5, 5.41) is 32.3. The molecule has 0 saturated heterocycles. The van der Waals surface area contributed by atoms with Crippen molar-refractivity contribution in [2.45, 2.75) is 29.7 Å². The number of fused-ring (bicyclic) bond motifs is 2. The van der Waals surface area contributed by atoms with Crippen molar-refractivity contribution in [3.05, 3.63) is 142 Å². The number of nitrogens with zero attached hydrogens (tertiary/aromatic N) is 2. The maximum Gasteiger partial charge on any atom is 0.128 e. The second-order valence-corrected chi connectivity index (χ2v) is 12.6. The molecule has 0 aliphatic heterocycles. The van der Waals surface area contributed by atoms with Crippen LogP contribution in [-0.2, 0) is 5.54 Å². The summed E-state index contributed by atoms with van der Waals surface area (Å²) in [7, 11) is 1.80. The number of likely N-dealkylation sites (N-methyl/N-ethyl adjacent to an activating group) is 1. The van der Waals surface area contributed by atoms with E-state index in [-0.39, 0.29) is 19.5 Å². The quantitative estimate of drug-likeness (QED) is 0.123. The average molecular weight is 672 g/mol. The Morgan fingerprint density at radius 1 is 0.864 bits per heavy atom. The number of aliphatic hydroxyl groups excluding tert-OH is 1. The lowest BCUT2D eigenvalue weighted by Gasteiger charge is -2.55. The zero-order valence-electron chi connectivity index (χ0n) is 24.4. The van der Waals surface area contributed by atoms with E-state index >= 15 is 0 Å². The van der Waals surface area contributed by atoms with Gasteiger partial charge in [0.1, 0.15) is 11.1 Å². The normalized spacial score (nSPS) is 16.0. The van der Waals surface area contributed by atoms with E-state index in [9.17, 15) is 10.2 Å². The van der Waals surface area contributed by atoms with Crippen molar-refractivity contribution in [2.24, 2.45) is 5.73 Å². The van der Waals surface area contributed by atoms with Gasteiger partial charge in [-0.05, 0) is 90.4 Å². The third kappa shape index (κ3) is 4.98. The van der Waals surface area contributed by atoms with Crippen molar-refractivity contribution in [3.63, 3.8) is 0 Å². The van der Waals surface area contributed by atoms with Gasteiger partial charge in [-0.2, -0.15) is 0 Å². The first kappa shape index (κ1) is 30.6. The van der Waals surface area contributed by atoms with E-state index in [0.29, 0.717) is 5.02 Å². The van der Waals surface area contributed by atoms with Gasteiger partial charge >= 0.3 is 0 Å². The number of nitrogens with two attached hydrogens (primary N) is 1. The standard InChI is InChI=1S/C36H36BrClN4O2/c1-40-24-33(43)36(28-11-7-12-29(37)23-28,42-21-17-26-9-3-5-15-32(26)42)35(44,18-19-39)34(27-10-6-13-30(38)22-27)41-20-16-25-8-2-4-14-31(25)41/h2-17,20-23,33-34,40,43-44H,18-19,24,39H2,1H3/t33-,34+,35-,36-/m1/s1. The van der Waals surface area contributed by atoms with Crippen LogP contribution in [0.3, 0.4) is 0 Å². The molecule has 5 N–H and O–H groups in total. The van der Waals surface area contributed by atoms with Gasteiger partial charge in [0.15, 0.2) is 0 Å². The van der Waals surface area contributed by atoms with Gasteiger partial charge in [-0.25, -0.2) is 0 Å². The van der Waals surface area contributed by atoms with Crippen LogP contribution in [-0.4, -0.2) is 51.2 Å². The third-order valence-corrected chi connectivity index (χ3v) is 9.56. The minimum absolute atomic E-state index is 0.149. The van der Waals surface area contributed by atoms with Crippen molar-refractivity contribution in [1.29, 1.82) is 0 Å². The number of halogens is 2. The van der Waals surface area contributed by atoms with E-state index in [1.54, 1.807) is 7.05 Å². The average Bonchev–Trinajstić information content (AvgIpc) is 3.63. The summed E-state index contributed by atoms with van der Waals surface area (Å²) in [4.78, 5) is 0. The van der Waals surface area contributed by atoms with Gasteiger partial charge in [-0.3, -0.25) is 0 Å². The molecule has 6 aromatic rings. The molecule has 6 nitrogen and oxygen atoms in total. The third-order valence-electron chi connectivity index (χ3n) is 8.83. The summed E-state index contributed by atoms with van der Waals surface area (Å²) >= 11 is 10.3. The fourth-order valence-corrected chi connectivity index (χ4v) is 7.72. The summed E-state index contributed by atoms with van der Waals surface area (Å²) in [6, 6.07) is 34.9. The van der Waals surface area contributed by atoms with Gasteiger partial charge in [0.05, 0.1) is 12.1 Å². The van der Waals surface area contributed by atoms with Crippen LogP contribution < -0.4 is 11.1 Å². The molecule has 2 heterocycles. The first-order chi connectivity index (χ1) is 21.3. The number of hydrogen-bond donors (Lipinski definition) is 4. The second-order valence-electron chi connectivity index (χ2n) is 11.3. The highest BCUT2D eigenvalue weighted by Gasteiger charge is 2.61. The zero-order valence-corrected chi connectivity index (χ0v) is 26.8.